The number of hydrogen-bond donors (Lipinski definition) is 0. The summed E-state index contributed by atoms with van der Waals surface area (Å²) in [4.78, 5) is 12.5. The van der Waals surface area contributed by atoms with Crippen LogP contribution >= 0.6 is 11.6 Å². The largest absolute Gasteiger partial charge is 0.325 e. The highest BCUT2D eigenvalue weighted by Gasteiger charge is 2.17. The highest BCUT2D eigenvalue weighted by Crippen LogP contribution is 2.27. The maximum absolute atomic E-state index is 13.2. The van der Waals surface area contributed by atoms with Gasteiger partial charge in [-0.2, -0.15) is 0 Å². The van der Waals surface area contributed by atoms with Crippen LogP contribution in [0.1, 0.15) is 0 Å². The van der Waals surface area contributed by atoms with Crippen molar-refractivity contribution in [3.63, 3.8) is 0 Å². The van der Waals surface area contributed by atoms with Crippen LogP contribution in [-0.4, -0.2) is 5.37 Å². The Balaban J connectivity index is 2.49. The van der Waals surface area contributed by atoms with E-state index in [0.29, 0.717) is 5.69 Å². The Kier molecular flexibility index (Phi) is 3.58. The fraction of sp³-hybridized carbons (Fsp3) is 0. The average Bonchev–Trinajstić information content (AvgIpc) is 2.35. The van der Waals surface area contributed by atoms with E-state index < -0.39 is 17.0 Å². The SMILES string of the molecule is O=C(Cl)N(c1ccccc1)c1ccc(F)c(F)c1. The number of halogens is 3. The second-order valence-electron chi connectivity index (χ2n) is 3.52. The summed E-state index contributed by atoms with van der Waals surface area (Å²) in [6, 6.07) is 11.6. The van der Waals surface area contributed by atoms with Gasteiger partial charge in [-0.25, -0.2) is 8.78 Å². The fourth-order valence-corrected chi connectivity index (χ4v) is 1.75. The molecule has 1 amide bonds. The Morgan fingerprint density at radius 3 is 2.17 bits per heavy atom. The van der Waals surface area contributed by atoms with Gasteiger partial charge in [-0.3, -0.25) is 9.69 Å². The molecule has 0 atom stereocenters. The van der Waals surface area contributed by atoms with Crippen LogP contribution in [0.15, 0.2) is 48.5 Å². The Labute approximate surface area is 107 Å². The molecule has 0 aliphatic rings. The second kappa shape index (κ2) is 5.14. The van der Waals surface area contributed by atoms with Gasteiger partial charge in [0.25, 0.3) is 0 Å². The number of para-hydroxylation sites is 1. The molecule has 2 nitrogen and oxygen atoms in total. The van der Waals surface area contributed by atoms with Crippen LogP contribution in [0.4, 0.5) is 25.0 Å². The fourth-order valence-electron chi connectivity index (χ4n) is 1.55. The first-order chi connectivity index (χ1) is 8.59. The summed E-state index contributed by atoms with van der Waals surface area (Å²) in [7, 11) is 0. The van der Waals surface area contributed by atoms with E-state index in [-0.39, 0.29) is 5.69 Å². The van der Waals surface area contributed by atoms with Crippen LogP contribution in [0.3, 0.4) is 0 Å². The molecule has 0 heterocycles. The number of carbonyl (C=O) groups is 1. The van der Waals surface area contributed by atoms with Crippen molar-refractivity contribution in [2.75, 3.05) is 4.90 Å². The van der Waals surface area contributed by atoms with E-state index in [0.717, 1.165) is 17.0 Å². The average molecular weight is 268 g/mol. The first kappa shape index (κ1) is 12.5. The van der Waals surface area contributed by atoms with Crippen LogP contribution in [0.2, 0.25) is 0 Å². The van der Waals surface area contributed by atoms with Gasteiger partial charge < -0.3 is 0 Å². The Morgan fingerprint density at radius 1 is 0.944 bits per heavy atom. The molecule has 0 aliphatic carbocycles. The summed E-state index contributed by atoms with van der Waals surface area (Å²) < 4.78 is 26.0. The molecule has 0 saturated heterocycles. The van der Waals surface area contributed by atoms with E-state index in [4.69, 9.17) is 11.6 Å². The maximum atomic E-state index is 13.2. The summed E-state index contributed by atoms with van der Waals surface area (Å²) in [6.45, 7) is 0. The van der Waals surface area contributed by atoms with Gasteiger partial charge in [0.05, 0.1) is 11.4 Å². The highest BCUT2D eigenvalue weighted by atomic mass is 35.5. The molecule has 0 fully saturated rings. The van der Waals surface area contributed by atoms with Crippen molar-refractivity contribution in [1.82, 2.24) is 0 Å². The molecular weight excluding hydrogens is 260 g/mol. The van der Waals surface area contributed by atoms with E-state index in [2.05, 4.69) is 0 Å². The van der Waals surface area contributed by atoms with Crippen molar-refractivity contribution in [3.8, 4) is 0 Å². The van der Waals surface area contributed by atoms with Gasteiger partial charge in [0.1, 0.15) is 0 Å². The number of rotatable bonds is 2. The molecule has 0 N–H and O–H groups in total. The van der Waals surface area contributed by atoms with E-state index in [1.54, 1.807) is 30.3 Å². The number of amides is 1. The zero-order chi connectivity index (χ0) is 13.1. The Morgan fingerprint density at radius 2 is 1.61 bits per heavy atom. The van der Waals surface area contributed by atoms with Crippen molar-refractivity contribution in [3.05, 3.63) is 60.2 Å². The normalized spacial score (nSPS) is 10.2. The van der Waals surface area contributed by atoms with Crippen LogP contribution < -0.4 is 4.90 Å². The minimum absolute atomic E-state index is 0.167. The van der Waals surface area contributed by atoms with Gasteiger partial charge in [-0.05, 0) is 35.9 Å². The smallest absolute Gasteiger partial charge is 0.267 e. The summed E-state index contributed by atoms with van der Waals surface area (Å²) in [5, 5.41) is -0.799. The van der Waals surface area contributed by atoms with E-state index in [1.807, 2.05) is 0 Å². The van der Waals surface area contributed by atoms with Crippen molar-refractivity contribution in [2.24, 2.45) is 0 Å². The molecule has 0 aliphatic heterocycles. The number of benzene rings is 2. The van der Waals surface area contributed by atoms with Crippen LogP contribution in [0.5, 0.6) is 0 Å². The summed E-state index contributed by atoms with van der Waals surface area (Å²) in [5.74, 6) is -2.01. The number of anilines is 2. The quantitative estimate of drug-likeness (QED) is 0.581. The molecule has 0 bridgehead atoms. The lowest BCUT2D eigenvalue weighted by Gasteiger charge is -2.19. The highest BCUT2D eigenvalue weighted by molar-refractivity contribution is 6.66. The summed E-state index contributed by atoms with van der Waals surface area (Å²) in [6.07, 6.45) is 0. The zero-order valence-corrected chi connectivity index (χ0v) is 9.86. The molecule has 5 heteroatoms. The van der Waals surface area contributed by atoms with E-state index in [1.165, 1.54) is 6.07 Å². The third-order valence-electron chi connectivity index (χ3n) is 2.35. The van der Waals surface area contributed by atoms with E-state index in [9.17, 15) is 13.6 Å². The number of nitrogens with zero attached hydrogens (tertiary/aromatic N) is 1. The first-order valence-electron chi connectivity index (χ1n) is 5.09. The molecule has 2 aromatic rings. The Bertz CT molecular complexity index is 574. The van der Waals surface area contributed by atoms with E-state index >= 15 is 0 Å². The van der Waals surface area contributed by atoms with Crippen LogP contribution in [-0.2, 0) is 0 Å². The molecule has 0 saturated carbocycles. The minimum atomic E-state index is -1.04. The molecule has 92 valence electrons. The van der Waals surface area contributed by atoms with Gasteiger partial charge in [-0.1, -0.05) is 18.2 Å². The lowest BCUT2D eigenvalue weighted by Crippen LogP contribution is -2.19. The summed E-state index contributed by atoms with van der Waals surface area (Å²) in [5.41, 5.74) is 0.642. The third kappa shape index (κ3) is 2.49. The van der Waals surface area contributed by atoms with Crippen molar-refractivity contribution in [2.45, 2.75) is 0 Å². The zero-order valence-electron chi connectivity index (χ0n) is 9.11. The maximum Gasteiger partial charge on any atom is 0.325 e. The molecule has 2 rings (SSSR count). The Hall–Kier alpha value is -1.94. The predicted octanol–water partition coefficient (Wildman–Crippen LogP) is 4.46. The number of hydrogen-bond acceptors (Lipinski definition) is 1. The molecule has 18 heavy (non-hydrogen) atoms. The summed E-state index contributed by atoms with van der Waals surface area (Å²) >= 11 is 5.48. The van der Waals surface area contributed by atoms with Gasteiger partial charge in [0.2, 0.25) is 0 Å². The molecule has 0 aromatic heterocycles. The van der Waals surface area contributed by atoms with Gasteiger partial charge in [0, 0.05) is 6.07 Å². The third-order valence-corrected chi connectivity index (χ3v) is 2.52. The minimum Gasteiger partial charge on any atom is -0.267 e. The topological polar surface area (TPSA) is 20.3 Å². The molecular formula is C13H8ClF2NO. The van der Waals surface area contributed by atoms with Crippen LogP contribution in [0.25, 0.3) is 0 Å². The monoisotopic (exact) mass is 267 g/mol. The standard InChI is InChI=1S/C13H8ClF2NO/c14-13(18)17(9-4-2-1-3-5-9)10-6-7-11(15)12(16)8-10/h1-8H. The van der Waals surface area contributed by atoms with Crippen LogP contribution in [0, 0.1) is 11.6 Å². The predicted molar refractivity (Wildman–Crippen MR) is 66.2 cm³/mol. The van der Waals surface area contributed by atoms with Gasteiger partial charge in [-0.15, -0.1) is 0 Å². The van der Waals surface area contributed by atoms with Crippen molar-refractivity contribution < 1.29 is 13.6 Å². The molecule has 2 aromatic carbocycles. The van der Waals surface area contributed by atoms with Gasteiger partial charge >= 0.3 is 5.37 Å². The lowest BCUT2D eigenvalue weighted by molar-refractivity contribution is 0.266. The first-order valence-corrected chi connectivity index (χ1v) is 5.47. The van der Waals surface area contributed by atoms with Crippen molar-refractivity contribution >= 4 is 28.3 Å². The number of carbonyl (C=O) groups excluding carboxylic acids is 1. The molecule has 0 unspecified atom stereocenters. The van der Waals surface area contributed by atoms with Crippen molar-refractivity contribution in [1.29, 1.82) is 0 Å². The second-order valence-corrected chi connectivity index (χ2v) is 3.85. The molecule has 0 spiro atoms. The van der Waals surface area contributed by atoms with Gasteiger partial charge in [0.15, 0.2) is 11.6 Å². The molecule has 0 radical (unpaired) electrons. The lowest BCUT2D eigenvalue weighted by atomic mass is 10.2.